The fourth-order valence-corrected chi connectivity index (χ4v) is 3.38. The Labute approximate surface area is 160 Å². The van der Waals surface area contributed by atoms with Gasteiger partial charge in [0.05, 0.1) is 12.1 Å². The number of rotatable bonds is 5. The molecule has 5 nitrogen and oxygen atoms in total. The Kier molecular flexibility index (Phi) is 4.60. The third-order valence-electron chi connectivity index (χ3n) is 5.05. The molecule has 4 aromatic rings. The zero-order valence-corrected chi connectivity index (χ0v) is 15.1. The van der Waals surface area contributed by atoms with Gasteiger partial charge in [-0.25, -0.2) is 18.4 Å². The van der Waals surface area contributed by atoms with E-state index in [1.807, 2.05) is 6.92 Å². The molecule has 2 aromatic heterocycles. The Balaban J connectivity index is 1.78. The summed E-state index contributed by atoms with van der Waals surface area (Å²) in [7, 11) is 0. The number of aliphatic hydroxyl groups is 1. The second kappa shape index (κ2) is 7.09. The van der Waals surface area contributed by atoms with Crippen LogP contribution in [0.2, 0.25) is 0 Å². The van der Waals surface area contributed by atoms with Crippen LogP contribution >= 0.6 is 0 Å². The van der Waals surface area contributed by atoms with Gasteiger partial charge in [0.1, 0.15) is 29.9 Å². The molecule has 28 heavy (non-hydrogen) atoms. The zero-order valence-electron chi connectivity index (χ0n) is 15.1. The molecule has 0 aliphatic rings. The third kappa shape index (κ3) is 3.36. The van der Waals surface area contributed by atoms with Crippen LogP contribution in [0.25, 0.3) is 10.9 Å². The summed E-state index contributed by atoms with van der Waals surface area (Å²) in [5, 5.41) is 16.4. The number of aromatic nitrogens is 4. The largest absolute Gasteiger partial charge is 0.383 e. The summed E-state index contributed by atoms with van der Waals surface area (Å²) >= 11 is 0. The number of hydrogen-bond acceptors (Lipinski definition) is 4. The zero-order chi connectivity index (χ0) is 19.7. The first-order valence-electron chi connectivity index (χ1n) is 8.83. The summed E-state index contributed by atoms with van der Waals surface area (Å²) in [4.78, 5) is 8.53. The van der Waals surface area contributed by atoms with E-state index in [-0.39, 0.29) is 18.2 Å². The van der Waals surface area contributed by atoms with Crippen LogP contribution in [0.15, 0.2) is 67.3 Å². The molecular weight excluding hydrogens is 362 g/mol. The van der Waals surface area contributed by atoms with Gasteiger partial charge in [0, 0.05) is 17.0 Å². The standard InChI is InChI=1S/C21H18F2N4O/c1-14(19-8-2-15-10-18(23)7-9-20(15)26-19)21(28,11-27-13-24-12-25-27)16-3-5-17(22)6-4-16/h2-10,12-14,28H,11H2,1H3. The summed E-state index contributed by atoms with van der Waals surface area (Å²) in [6, 6.07) is 13.6. The molecule has 0 spiro atoms. The van der Waals surface area contributed by atoms with E-state index in [2.05, 4.69) is 15.1 Å². The van der Waals surface area contributed by atoms with Crippen LogP contribution in [-0.4, -0.2) is 24.9 Å². The number of halogens is 2. The maximum Gasteiger partial charge on any atom is 0.137 e. The van der Waals surface area contributed by atoms with Gasteiger partial charge in [0.2, 0.25) is 0 Å². The highest BCUT2D eigenvalue weighted by molar-refractivity contribution is 5.78. The van der Waals surface area contributed by atoms with Crippen LogP contribution in [0.4, 0.5) is 8.78 Å². The molecular formula is C21H18F2N4O. The maximum atomic E-state index is 13.4. The van der Waals surface area contributed by atoms with Crippen LogP contribution in [0.5, 0.6) is 0 Å². The second-order valence-electron chi connectivity index (χ2n) is 6.82. The van der Waals surface area contributed by atoms with Crippen molar-refractivity contribution in [1.29, 1.82) is 0 Å². The minimum absolute atomic E-state index is 0.114. The van der Waals surface area contributed by atoms with Crippen molar-refractivity contribution in [3.8, 4) is 0 Å². The Hall–Kier alpha value is -3.19. The van der Waals surface area contributed by atoms with E-state index in [0.29, 0.717) is 22.2 Å². The average Bonchev–Trinajstić information content (AvgIpc) is 3.20. The number of nitrogens with zero attached hydrogens (tertiary/aromatic N) is 4. The van der Waals surface area contributed by atoms with Gasteiger partial charge in [0.15, 0.2) is 0 Å². The lowest BCUT2D eigenvalue weighted by Crippen LogP contribution is -2.37. The van der Waals surface area contributed by atoms with Gasteiger partial charge in [0.25, 0.3) is 0 Å². The smallest absolute Gasteiger partial charge is 0.137 e. The molecule has 0 aliphatic heterocycles. The number of fused-ring (bicyclic) bond motifs is 1. The highest BCUT2D eigenvalue weighted by Crippen LogP contribution is 2.38. The quantitative estimate of drug-likeness (QED) is 0.572. The first-order chi connectivity index (χ1) is 13.5. The summed E-state index contributed by atoms with van der Waals surface area (Å²) in [5.74, 6) is -1.17. The fraction of sp³-hybridized carbons (Fsp3) is 0.190. The first-order valence-corrected chi connectivity index (χ1v) is 8.83. The number of benzene rings is 2. The van der Waals surface area contributed by atoms with Crippen LogP contribution < -0.4 is 0 Å². The Morgan fingerprint density at radius 3 is 2.50 bits per heavy atom. The van der Waals surface area contributed by atoms with E-state index in [4.69, 9.17) is 0 Å². The van der Waals surface area contributed by atoms with Crippen LogP contribution in [-0.2, 0) is 12.1 Å². The van der Waals surface area contributed by atoms with Gasteiger partial charge < -0.3 is 5.11 Å². The molecule has 0 radical (unpaired) electrons. The Morgan fingerprint density at radius 1 is 1.04 bits per heavy atom. The predicted molar refractivity (Wildman–Crippen MR) is 100 cm³/mol. The Morgan fingerprint density at radius 2 is 1.79 bits per heavy atom. The van der Waals surface area contributed by atoms with E-state index >= 15 is 0 Å². The Bertz CT molecular complexity index is 1100. The number of pyridine rings is 1. The van der Waals surface area contributed by atoms with Crippen molar-refractivity contribution in [2.24, 2.45) is 0 Å². The molecule has 1 N–H and O–H groups in total. The topological polar surface area (TPSA) is 63.8 Å². The molecule has 0 bridgehead atoms. The monoisotopic (exact) mass is 380 g/mol. The minimum atomic E-state index is -1.41. The molecule has 142 valence electrons. The lowest BCUT2D eigenvalue weighted by molar-refractivity contribution is -0.00910. The maximum absolute atomic E-state index is 13.4. The molecule has 0 aliphatic carbocycles. The second-order valence-corrected chi connectivity index (χ2v) is 6.82. The SMILES string of the molecule is CC(c1ccc2cc(F)ccc2n1)C(O)(Cn1cncn1)c1ccc(F)cc1. The van der Waals surface area contributed by atoms with Gasteiger partial charge >= 0.3 is 0 Å². The molecule has 2 unspecified atom stereocenters. The summed E-state index contributed by atoms with van der Waals surface area (Å²) in [6.45, 7) is 1.96. The van der Waals surface area contributed by atoms with Crippen molar-refractivity contribution in [2.45, 2.75) is 25.0 Å². The molecule has 4 rings (SSSR count). The molecule has 2 heterocycles. The van der Waals surface area contributed by atoms with E-state index in [9.17, 15) is 13.9 Å². The normalized spacial score (nSPS) is 14.7. The van der Waals surface area contributed by atoms with Gasteiger partial charge in [-0.1, -0.05) is 25.1 Å². The van der Waals surface area contributed by atoms with Crippen molar-refractivity contribution in [3.63, 3.8) is 0 Å². The lowest BCUT2D eigenvalue weighted by Gasteiger charge is -2.34. The van der Waals surface area contributed by atoms with Crippen molar-refractivity contribution >= 4 is 10.9 Å². The van der Waals surface area contributed by atoms with E-state index in [0.717, 1.165) is 0 Å². The van der Waals surface area contributed by atoms with Gasteiger partial charge in [-0.15, -0.1) is 0 Å². The van der Waals surface area contributed by atoms with Crippen LogP contribution in [0.1, 0.15) is 24.1 Å². The number of hydrogen-bond donors (Lipinski definition) is 1. The predicted octanol–water partition coefficient (Wildman–Crippen LogP) is 3.80. The molecule has 2 atom stereocenters. The third-order valence-corrected chi connectivity index (χ3v) is 5.05. The van der Waals surface area contributed by atoms with Gasteiger partial charge in [-0.05, 0) is 42.0 Å². The molecule has 7 heteroatoms. The molecule has 2 aromatic carbocycles. The van der Waals surface area contributed by atoms with Crippen molar-refractivity contribution in [1.82, 2.24) is 19.7 Å². The summed E-state index contributed by atoms with van der Waals surface area (Å²) < 4.78 is 28.4. The van der Waals surface area contributed by atoms with Crippen molar-refractivity contribution in [2.75, 3.05) is 0 Å². The van der Waals surface area contributed by atoms with E-state index in [1.165, 1.54) is 41.6 Å². The molecule has 0 saturated carbocycles. The van der Waals surface area contributed by atoms with E-state index in [1.54, 1.807) is 30.3 Å². The first kappa shape index (κ1) is 18.2. The molecule has 0 amide bonds. The minimum Gasteiger partial charge on any atom is -0.383 e. The lowest BCUT2D eigenvalue weighted by atomic mass is 9.80. The summed E-state index contributed by atoms with van der Waals surface area (Å²) in [5.41, 5.74) is 0.388. The van der Waals surface area contributed by atoms with Gasteiger partial charge in [-0.3, -0.25) is 4.98 Å². The molecule has 0 fully saturated rings. The van der Waals surface area contributed by atoms with Crippen molar-refractivity contribution in [3.05, 3.63) is 90.1 Å². The highest BCUT2D eigenvalue weighted by Gasteiger charge is 2.38. The summed E-state index contributed by atoms with van der Waals surface area (Å²) in [6.07, 6.45) is 2.90. The van der Waals surface area contributed by atoms with Crippen LogP contribution in [0, 0.1) is 11.6 Å². The van der Waals surface area contributed by atoms with Crippen molar-refractivity contribution < 1.29 is 13.9 Å². The van der Waals surface area contributed by atoms with Crippen LogP contribution in [0.3, 0.4) is 0 Å². The van der Waals surface area contributed by atoms with E-state index < -0.39 is 11.5 Å². The fourth-order valence-electron chi connectivity index (χ4n) is 3.38. The highest BCUT2D eigenvalue weighted by atomic mass is 19.1. The average molecular weight is 380 g/mol. The van der Waals surface area contributed by atoms with Gasteiger partial charge in [-0.2, -0.15) is 5.10 Å². The molecule has 0 saturated heterocycles.